The molecule has 0 saturated carbocycles. The lowest BCUT2D eigenvalue weighted by atomic mass is 9.97. The van der Waals surface area contributed by atoms with Crippen LogP contribution in [0.5, 0.6) is 0 Å². The number of rotatable bonds is 5. The van der Waals surface area contributed by atoms with Crippen molar-refractivity contribution < 1.29 is 18.8 Å². The number of nitrogens with one attached hydrogen (secondary N) is 2. The van der Waals surface area contributed by atoms with E-state index in [-0.39, 0.29) is 29.4 Å². The fraction of sp³-hybridized carbons (Fsp3) is 0.227. The third-order valence-corrected chi connectivity index (χ3v) is 5.80. The van der Waals surface area contributed by atoms with E-state index >= 15 is 0 Å². The molecule has 154 valence electrons. The van der Waals surface area contributed by atoms with Crippen LogP contribution in [0.3, 0.4) is 0 Å². The van der Waals surface area contributed by atoms with Gasteiger partial charge in [0.05, 0.1) is 17.1 Å². The first-order valence-corrected chi connectivity index (χ1v) is 10.6. The van der Waals surface area contributed by atoms with Gasteiger partial charge >= 0.3 is 0 Å². The smallest absolute Gasteiger partial charge is 0.291 e. The molecule has 7 nitrogen and oxygen atoms in total. The van der Waals surface area contributed by atoms with Crippen LogP contribution < -0.4 is 10.6 Å². The molecule has 1 atom stereocenters. The predicted octanol–water partition coefficient (Wildman–Crippen LogP) is 4.08. The van der Waals surface area contributed by atoms with E-state index in [0.717, 1.165) is 12.8 Å². The molecule has 0 unspecified atom stereocenters. The highest BCUT2D eigenvalue weighted by molar-refractivity contribution is 7.12. The molecular formula is C22H21N3O4S. The van der Waals surface area contributed by atoms with Crippen molar-refractivity contribution in [3.05, 3.63) is 70.8 Å². The molecule has 0 bridgehead atoms. The lowest BCUT2D eigenvalue weighted by molar-refractivity contribution is -0.121. The first kappa shape index (κ1) is 19.9. The van der Waals surface area contributed by atoms with Gasteiger partial charge in [-0.05, 0) is 54.6 Å². The van der Waals surface area contributed by atoms with E-state index in [0.29, 0.717) is 29.3 Å². The molecule has 30 heavy (non-hydrogen) atoms. The molecule has 2 aromatic heterocycles. The van der Waals surface area contributed by atoms with E-state index in [1.165, 1.54) is 17.6 Å². The van der Waals surface area contributed by atoms with Gasteiger partial charge < -0.3 is 20.0 Å². The molecule has 1 aromatic carbocycles. The minimum Gasteiger partial charge on any atom is -0.459 e. The average molecular weight is 423 g/mol. The number of carbonyl (C=O) groups excluding carboxylic acids is 3. The molecule has 1 saturated heterocycles. The summed E-state index contributed by atoms with van der Waals surface area (Å²) < 4.78 is 5.08. The summed E-state index contributed by atoms with van der Waals surface area (Å²) in [6.07, 6.45) is 2.95. The summed E-state index contributed by atoms with van der Waals surface area (Å²) in [5.41, 5.74) is 1.13. The fourth-order valence-electron chi connectivity index (χ4n) is 3.45. The number of thiophene rings is 1. The molecule has 0 aliphatic carbocycles. The largest absolute Gasteiger partial charge is 0.459 e. The zero-order valence-corrected chi connectivity index (χ0v) is 17.0. The van der Waals surface area contributed by atoms with E-state index in [1.807, 2.05) is 11.4 Å². The van der Waals surface area contributed by atoms with Gasteiger partial charge in [0.1, 0.15) is 0 Å². The third kappa shape index (κ3) is 4.60. The van der Waals surface area contributed by atoms with Crippen molar-refractivity contribution in [2.75, 3.05) is 23.7 Å². The van der Waals surface area contributed by atoms with Crippen molar-refractivity contribution in [3.63, 3.8) is 0 Å². The zero-order chi connectivity index (χ0) is 20.9. The van der Waals surface area contributed by atoms with Crippen molar-refractivity contribution in [1.29, 1.82) is 0 Å². The Balaban J connectivity index is 1.37. The molecule has 2 N–H and O–H groups in total. The maximum Gasteiger partial charge on any atom is 0.291 e. The number of hydrogen-bond donors (Lipinski definition) is 2. The zero-order valence-electron chi connectivity index (χ0n) is 16.2. The highest BCUT2D eigenvalue weighted by Crippen LogP contribution is 2.23. The van der Waals surface area contributed by atoms with Gasteiger partial charge in [0.15, 0.2) is 5.76 Å². The van der Waals surface area contributed by atoms with Gasteiger partial charge in [0, 0.05) is 24.5 Å². The second-order valence-electron chi connectivity index (χ2n) is 7.07. The SMILES string of the molecule is O=C(Nc1cccc(NC(=O)[C@@H]2CCCN(C(=O)c3cccs3)C2)c1)c1ccco1. The monoisotopic (exact) mass is 423 g/mol. The summed E-state index contributed by atoms with van der Waals surface area (Å²) in [6.45, 7) is 1.06. The second-order valence-corrected chi connectivity index (χ2v) is 8.02. The molecule has 8 heteroatoms. The molecule has 3 amide bonds. The van der Waals surface area contributed by atoms with Crippen molar-refractivity contribution in [2.45, 2.75) is 12.8 Å². The molecular weight excluding hydrogens is 402 g/mol. The van der Waals surface area contributed by atoms with Gasteiger partial charge in [-0.25, -0.2) is 0 Å². The van der Waals surface area contributed by atoms with Crippen LogP contribution in [0.1, 0.15) is 33.1 Å². The summed E-state index contributed by atoms with van der Waals surface area (Å²) in [7, 11) is 0. The number of amides is 3. The Labute approximate surface area is 177 Å². The number of piperidine rings is 1. The van der Waals surface area contributed by atoms with Gasteiger partial charge in [-0.15, -0.1) is 11.3 Å². The third-order valence-electron chi connectivity index (χ3n) is 4.94. The Morgan fingerprint density at radius 1 is 1.03 bits per heavy atom. The van der Waals surface area contributed by atoms with Crippen LogP contribution in [-0.2, 0) is 4.79 Å². The first-order chi connectivity index (χ1) is 14.6. The Morgan fingerprint density at radius 2 is 1.87 bits per heavy atom. The normalized spacial score (nSPS) is 16.1. The molecule has 0 spiro atoms. The van der Waals surface area contributed by atoms with Crippen LogP contribution in [-0.4, -0.2) is 35.7 Å². The lowest BCUT2D eigenvalue weighted by Gasteiger charge is -2.31. The highest BCUT2D eigenvalue weighted by Gasteiger charge is 2.29. The number of likely N-dealkylation sites (tertiary alicyclic amines) is 1. The Morgan fingerprint density at radius 3 is 2.60 bits per heavy atom. The van der Waals surface area contributed by atoms with Crippen molar-refractivity contribution >= 4 is 40.4 Å². The van der Waals surface area contributed by atoms with Crippen LogP contribution >= 0.6 is 11.3 Å². The fourth-order valence-corrected chi connectivity index (χ4v) is 4.14. The van der Waals surface area contributed by atoms with Crippen molar-refractivity contribution in [3.8, 4) is 0 Å². The highest BCUT2D eigenvalue weighted by atomic mass is 32.1. The standard InChI is InChI=1S/C22H21N3O4S/c26-20(15-5-2-10-25(14-15)22(28)19-9-4-12-30-19)23-16-6-1-7-17(13-16)24-21(27)18-8-3-11-29-18/h1,3-4,6-9,11-13,15H,2,5,10,14H2,(H,23,26)(H,24,27)/t15-/m1/s1. The molecule has 3 heterocycles. The van der Waals surface area contributed by atoms with Crippen LogP contribution in [0.4, 0.5) is 11.4 Å². The van der Waals surface area contributed by atoms with Gasteiger partial charge in [0.25, 0.3) is 11.8 Å². The summed E-state index contributed by atoms with van der Waals surface area (Å²) in [5.74, 6) is -0.581. The van der Waals surface area contributed by atoms with E-state index in [1.54, 1.807) is 47.4 Å². The first-order valence-electron chi connectivity index (χ1n) is 9.69. The molecule has 1 aliphatic heterocycles. The van der Waals surface area contributed by atoms with Crippen LogP contribution in [0, 0.1) is 5.92 Å². The van der Waals surface area contributed by atoms with Crippen LogP contribution in [0.15, 0.2) is 64.6 Å². The number of hydrogen-bond acceptors (Lipinski definition) is 5. The summed E-state index contributed by atoms with van der Waals surface area (Å²) >= 11 is 1.41. The minimum absolute atomic E-state index is 0.0230. The number of carbonyl (C=O) groups is 3. The molecule has 4 rings (SSSR count). The predicted molar refractivity (Wildman–Crippen MR) is 115 cm³/mol. The topological polar surface area (TPSA) is 91.7 Å². The van der Waals surface area contributed by atoms with E-state index < -0.39 is 0 Å². The molecule has 1 aliphatic rings. The van der Waals surface area contributed by atoms with Crippen LogP contribution in [0.25, 0.3) is 0 Å². The molecule has 0 radical (unpaired) electrons. The molecule has 3 aromatic rings. The summed E-state index contributed by atoms with van der Waals surface area (Å²) in [4.78, 5) is 39.9. The Hall–Kier alpha value is -3.39. The number of anilines is 2. The quantitative estimate of drug-likeness (QED) is 0.647. The van der Waals surface area contributed by atoms with Crippen molar-refractivity contribution in [2.24, 2.45) is 5.92 Å². The lowest BCUT2D eigenvalue weighted by Crippen LogP contribution is -2.43. The average Bonchev–Trinajstić information content (AvgIpc) is 3.48. The van der Waals surface area contributed by atoms with Gasteiger partial charge in [-0.3, -0.25) is 14.4 Å². The van der Waals surface area contributed by atoms with Crippen LogP contribution in [0.2, 0.25) is 0 Å². The van der Waals surface area contributed by atoms with E-state index in [2.05, 4.69) is 10.6 Å². The maximum absolute atomic E-state index is 12.8. The van der Waals surface area contributed by atoms with Gasteiger partial charge in [-0.1, -0.05) is 12.1 Å². The van der Waals surface area contributed by atoms with Gasteiger partial charge in [-0.2, -0.15) is 0 Å². The van der Waals surface area contributed by atoms with E-state index in [4.69, 9.17) is 4.42 Å². The maximum atomic E-state index is 12.8. The van der Waals surface area contributed by atoms with Gasteiger partial charge in [0.2, 0.25) is 5.91 Å². The van der Waals surface area contributed by atoms with Crippen molar-refractivity contribution in [1.82, 2.24) is 4.90 Å². The summed E-state index contributed by atoms with van der Waals surface area (Å²) in [6, 6.07) is 13.8. The number of benzene rings is 1. The summed E-state index contributed by atoms with van der Waals surface area (Å²) in [5, 5.41) is 7.52. The Bertz CT molecular complexity index is 1030. The van der Waals surface area contributed by atoms with E-state index in [9.17, 15) is 14.4 Å². The number of nitrogens with zero attached hydrogens (tertiary/aromatic N) is 1. The molecule has 1 fully saturated rings. The Kier molecular flexibility index (Phi) is 5.94. The minimum atomic E-state index is -0.363. The second kappa shape index (κ2) is 8.96. The number of furan rings is 1.